The molecule has 1 fully saturated rings. The van der Waals surface area contributed by atoms with Crippen LogP contribution in [0.15, 0.2) is 41.4 Å². The Labute approximate surface area is 174 Å². The second-order valence-corrected chi connectivity index (χ2v) is 8.75. The summed E-state index contributed by atoms with van der Waals surface area (Å²) in [5.74, 6) is -0.428. The van der Waals surface area contributed by atoms with Gasteiger partial charge in [-0.15, -0.1) is 11.3 Å². The highest BCUT2D eigenvalue weighted by Crippen LogP contribution is 2.44. The van der Waals surface area contributed by atoms with Crippen LogP contribution in [-0.4, -0.2) is 35.4 Å². The number of rotatable bonds is 6. The zero-order valence-corrected chi connectivity index (χ0v) is 17.4. The maximum atomic E-state index is 13.8. The Hall–Kier alpha value is -2.09. The Kier molecular flexibility index (Phi) is 5.81. The molecule has 0 bridgehead atoms. The average Bonchev–Trinajstić information content (AvgIpc) is 3.31. The van der Waals surface area contributed by atoms with Gasteiger partial charge in [-0.1, -0.05) is 12.6 Å². The van der Waals surface area contributed by atoms with Crippen LogP contribution in [0.2, 0.25) is 0 Å². The summed E-state index contributed by atoms with van der Waals surface area (Å²) < 4.78 is 20.0. The molecular formula is C22H26FN3O2S. The number of amides is 1. The molecule has 7 heteroatoms. The molecule has 29 heavy (non-hydrogen) atoms. The third-order valence-electron chi connectivity index (χ3n) is 5.86. The lowest BCUT2D eigenvalue weighted by Crippen LogP contribution is -2.46. The third kappa shape index (κ3) is 4.42. The number of nitrogens with one attached hydrogen (secondary N) is 1. The number of halogens is 1. The van der Waals surface area contributed by atoms with Gasteiger partial charge in [0.25, 0.3) is 0 Å². The van der Waals surface area contributed by atoms with E-state index in [9.17, 15) is 9.18 Å². The van der Waals surface area contributed by atoms with Crippen molar-refractivity contribution in [1.82, 2.24) is 15.2 Å². The lowest BCUT2D eigenvalue weighted by Gasteiger charge is -2.40. The monoisotopic (exact) mass is 415 g/mol. The Bertz CT molecular complexity index is 891. The molecule has 2 aromatic rings. The summed E-state index contributed by atoms with van der Waals surface area (Å²) in [4.78, 5) is 19.4. The van der Waals surface area contributed by atoms with Gasteiger partial charge in [-0.3, -0.25) is 4.79 Å². The topological polar surface area (TPSA) is 54.5 Å². The quantitative estimate of drug-likeness (QED) is 0.783. The second kappa shape index (κ2) is 8.34. The molecule has 1 amide bonds. The summed E-state index contributed by atoms with van der Waals surface area (Å²) >= 11 is 1.54. The third-order valence-corrected chi connectivity index (χ3v) is 6.49. The number of piperidine rings is 1. The number of fused-ring (bicyclic) bond motifs is 2. The van der Waals surface area contributed by atoms with Crippen molar-refractivity contribution >= 4 is 17.2 Å². The fourth-order valence-electron chi connectivity index (χ4n) is 4.36. The van der Waals surface area contributed by atoms with Gasteiger partial charge in [-0.25, -0.2) is 9.37 Å². The predicted octanol–water partition coefficient (Wildman–Crippen LogP) is 3.61. The number of ether oxygens (including phenoxy) is 1. The number of allylic oxidation sites excluding steroid dienone is 1. The normalized spacial score (nSPS) is 19.1. The lowest BCUT2D eigenvalue weighted by molar-refractivity contribution is -0.125. The molecule has 2 aliphatic heterocycles. The van der Waals surface area contributed by atoms with E-state index in [0.29, 0.717) is 25.3 Å². The van der Waals surface area contributed by atoms with Gasteiger partial charge in [0.2, 0.25) is 5.91 Å². The van der Waals surface area contributed by atoms with Crippen molar-refractivity contribution < 1.29 is 13.9 Å². The molecule has 2 aliphatic rings. The summed E-state index contributed by atoms with van der Waals surface area (Å²) in [5.41, 5.74) is 5.07. The van der Waals surface area contributed by atoms with E-state index in [1.54, 1.807) is 18.5 Å². The first-order valence-corrected chi connectivity index (χ1v) is 10.9. The Morgan fingerprint density at radius 1 is 1.45 bits per heavy atom. The zero-order chi connectivity index (χ0) is 20.4. The van der Waals surface area contributed by atoms with E-state index in [0.717, 1.165) is 42.8 Å². The Morgan fingerprint density at radius 3 is 2.93 bits per heavy atom. The van der Waals surface area contributed by atoms with Crippen molar-refractivity contribution in [3.05, 3.63) is 64.0 Å². The van der Waals surface area contributed by atoms with Crippen LogP contribution < -0.4 is 5.32 Å². The predicted molar refractivity (Wildman–Crippen MR) is 111 cm³/mol. The number of likely N-dealkylation sites (tertiary alicyclic amines) is 1. The summed E-state index contributed by atoms with van der Waals surface area (Å²) in [6.45, 7) is 8.40. The minimum absolute atomic E-state index is 0.0182. The average molecular weight is 416 g/mol. The summed E-state index contributed by atoms with van der Waals surface area (Å²) in [6, 6.07) is 4.96. The van der Waals surface area contributed by atoms with Crippen molar-refractivity contribution in [2.45, 2.75) is 38.4 Å². The molecule has 1 unspecified atom stereocenters. The molecule has 1 N–H and O–H groups in total. The molecule has 5 nitrogen and oxygen atoms in total. The van der Waals surface area contributed by atoms with E-state index in [4.69, 9.17) is 4.74 Å². The van der Waals surface area contributed by atoms with Crippen LogP contribution in [0.3, 0.4) is 0 Å². The van der Waals surface area contributed by atoms with Crippen molar-refractivity contribution in [2.75, 3.05) is 19.6 Å². The van der Waals surface area contributed by atoms with Crippen LogP contribution in [0, 0.1) is 11.7 Å². The molecule has 0 aliphatic carbocycles. The first kappa shape index (κ1) is 20.2. The SMILES string of the molecule is C=C(C)NC(=O)C(Cc1cscn1)CN1CCC2(CC1)OCc1ccc(F)cc12. The molecule has 0 saturated carbocycles. The molecule has 4 rings (SSSR count). The minimum Gasteiger partial charge on any atom is -0.365 e. The van der Waals surface area contributed by atoms with Crippen LogP contribution in [0.25, 0.3) is 0 Å². The van der Waals surface area contributed by atoms with Gasteiger partial charge in [0.15, 0.2) is 0 Å². The molecule has 1 spiro atoms. The fraction of sp³-hybridized carbons (Fsp3) is 0.455. The van der Waals surface area contributed by atoms with E-state index in [1.807, 2.05) is 11.4 Å². The highest BCUT2D eigenvalue weighted by atomic mass is 32.1. The van der Waals surface area contributed by atoms with E-state index in [-0.39, 0.29) is 17.6 Å². The number of thiazole rings is 1. The fourth-order valence-corrected chi connectivity index (χ4v) is 4.93. The summed E-state index contributed by atoms with van der Waals surface area (Å²) in [5, 5.41) is 4.85. The molecule has 0 radical (unpaired) electrons. The first-order valence-electron chi connectivity index (χ1n) is 9.94. The van der Waals surface area contributed by atoms with Gasteiger partial charge in [-0.05, 0) is 43.0 Å². The van der Waals surface area contributed by atoms with Crippen molar-refractivity contribution in [2.24, 2.45) is 5.92 Å². The van der Waals surface area contributed by atoms with Crippen LogP contribution >= 0.6 is 11.3 Å². The second-order valence-electron chi connectivity index (χ2n) is 8.04. The number of carbonyl (C=O) groups is 1. The smallest absolute Gasteiger partial charge is 0.228 e. The first-order chi connectivity index (χ1) is 13.9. The largest absolute Gasteiger partial charge is 0.365 e. The molecule has 1 saturated heterocycles. The van der Waals surface area contributed by atoms with Crippen molar-refractivity contribution in [3.63, 3.8) is 0 Å². The molecule has 1 aromatic heterocycles. The Morgan fingerprint density at radius 2 is 2.24 bits per heavy atom. The number of nitrogens with zero attached hydrogens (tertiary/aromatic N) is 2. The Balaban J connectivity index is 1.42. The van der Waals surface area contributed by atoms with E-state index >= 15 is 0 Å². The number of benzene rings is 1. The van der Waals surface area contributed by atoms with E-state index in [2.05, 4.69) is 21.8 Å². The van der Waals surface area contributed by atoms with E-state index in [1.165, 1.54) is 17.4 Å². The minimum atomic E-state index is -0.391. The molecule has 1 atom stereocenters. The molecule has 1 aromatic carbocycles. The zero-order valence-electron chi connectivity index (χ0n) is 16.6. The van der Waals surface area contributed by atoms with E-state index < -0.39 is 5.60 Å². The summed E-state index contributed by atoms with van der Waals surface area (Å²) in [7, 11) is 0. The van der Waals surface area contributed by atoms with Crippen molar-refractivity contribution in [3.8, 4) is 0 Å². The van der Waals surface area contributed by atoms with Gasteiger partial charge in [-0.2, -0.15) is 0 Å². The van der Waals surface area contributed by atoms with Crippen LogP contribution in [-0.2, 0) is 28.2 Å². The summed E-state index contributed by atoms with van der Waals surface area (Å²) in [6.07, 6.45) is 2.21. The maximum Gasteiger partial charge on any atom is 0.228 e. The number of hydrogen-bond donors (Lipinski definition) is 1. The number of carbonyl (C=O) groups excluding carboxylic acids is 1. The van der Waals surface area contributed by atoms with Crippen LogP contribution in [0.4, 0.5) is 4.39 Å². The van der Waals surface area contributed by atoms with Gasteiger partial charge >= 0.3 is 0 Å². The lowest BCUT2D eigenvalue weighted by atomic mass is 9.83. The highest BCUT2D eigenvalue weighted by Gasteiger charge is 2.43. The standard InChI is InChI=1S/C22H26FN3O2S/c1-15(2)25-21(27)17(9-19-13-29-14-24-19)11-26-7-5-22(6-8-26)20-10-18(23)4-3-16(20)12-28-22/h3-4,10,13-14,17H,1,5-9,11-12H2,2H3,(H,25,27). The molecule has 154 valence electrons. The maximum absolute atomic E-state index is 13.8. The molecule has 3 heterocycles. The van der Waals surface area contributed by atoms with Gasteiger partial charge in [0, 0.05) is 37.1 Å². The van der Waals surface area contributed by atoms with Crippen LogP contribution in [0.1, 0.15) is 36.6 Å². The number of hydrogen-bond acceptors (Lipinski definition) is 5. The van der Waals surface area contributed by atoms with Crippen LogP contribution in [0.5, 0.6) is 0 Å². The number of aromatic nitrogens is 1. The van der Waals surface area contributed by atoms with Gasteiger partial charge in [0.05, 0.1) is 29.3 Å². The molecular weight excluding hydrogens is 389 g/mol. The van der Waals surface area contributed by atoms with Gasteiger partial charge < -0.3 is 15.0 Å². The van der Waals surface area contributed by atoms with Gasteiger partial charge in [0.1, 0.15) is 5.82 Å². The highest BCUT2D eigenvalue weighted by molar-refractivity contribution is 7.07. The van der Waals surface area contributed by atoms with Crippen molar-refractivity contribution in [1.29, 1.82) is 0 Å².